The van der Waals surface area contributed by atoms with E-state index < -0.39 is 12.8 Å². The van der Waals surface area contributed by atoms with Gasteiger partial charge in [-0.15, -0.1) is 0 Å². The molecule has 1 aromatic rings. The molecule has 0 aliphatic rings. The predicted molar refractivity (Wildman–Crippen MR) is 86.9 cm³/mol. The standard InChI is InChI=1S/C17H25F3N2O2/c1-12(2)4-5-13(3)22-16(23)21-10-14-6-8-15(9-7-14)24-11-17(18,19)20/h6-9,12-13H,4-5,10-11H2,1-3H3,(H2,21,22,23). The van der Waals surface area contributed by atoms with Crippen LogP contribution in [0.25, 0.3) is 0 Å². The van der Waals surface area contributed by atoms with Gasteiger partial charge in [0.15, 0.2) is 6.61 Å². The highest BCUT2D eigenvalue weighted by molar-refractivity contribution is 5.74. The maximum absolute atomic E-state index is 12.1. The number of hydrogen-bond donors (Lipinski definition) is 2. The summed E-state index contributed by atoms with van der Waals surface area (Å²) in [7, 11) is 0. The van der Waals surface area contributed by atoms with Gasteiger partial charge in [-0.1, -0.05) is 26.0 Å². The van der Waals surface area contributed by atoms with Crippen molar-refractivity contribution in [3.8, 4) is 5.75 Å². The zero-order valence-electron chi connectivity index (χ0n) is 14.2. The molecule has 0 saturated heterocycles. The van der Waals surface area contributed by atoms with Crippen LogP contribution in [-0.4, -0.2) is 24.9 Å². The van der Waals surface area contributed by atoms with Crippen molar-refractivity contribution in [3.05, 3.63) is 29.8 Å². The summed E-state index contributed by atoms with van der Waals surface area (Å²) in [6.07, 6.45) is -2.40. The van der Waals surface area contributed by atoms with Gasteiger partial charge in [0.2, 0.25) is 0 Å². The SMILES string of the molecule is CC(C)CCC(C)NC(=O)NCc1ccc(OCC(F)(F)F)cc1. The number of nitrogens with one attached hydrogen (secondary N) is 2. The number of ether oxygens (including phenoxy) is 1. The van der Waals surface area contributed by atoms with Gasteiger partial charge < -0.3 is 15.4 Å². The summed E-state index contributed by atoms with van der Waals surface area (Å²) in [5.41, 5.74) is 0.777. The van der Waals surface area contributed by atoms with Crippen molar-refractivity contribution in [2.75, 3.05) is 6.61 Å². The molecule has 1 aromatic carbocycles. The van der Waals surface area contributed by atoms with Gasteiger partial charge in [-0.25, -0.2) is 4.79 Å². The Morgan fingerprint density at radius 3 is 2.29 bits per heavy atom. The first kappa shape index (κ1) is 20.1. The van der Waals surface area contributed by atoms with Crippen LogP contribution in [0.4, 0.5) is 18.0 Å². The number of carbonyl (C=O) groups is 1. The second-order valence-electron chi connectivity index (χ2n) is 6.25. The first-order chi connectivity index (χ1) is 11.2. The zero-order chi connectivity index (χ0) is 18.2. The molecule has 2 N–H and O–H groups in total. The predicted octanol–water partition coefficient (Wildman–Crippen LogP) is 4.25. The van der Waals surface area contributed by atoms with Crippen LogP contribution in [0.15, 0.2) is 24.3 Å². The number of urea groups is 1. The lowest BCUT2D eigenvalue weighted by Gasteiger charge is -2.16. The van der Waals surface area contributed by atoms with E-state index in [-0.39, 0.29) is 17.8 Å². The van der Waals surface area contributed by atoms with E-state index in [0.717, 1.165) is 18.4 Å². The molecule has 0 aromatic heterocycles. The van der Waals surface area contributed by atoms with Crippen LogP contribution in [0.5, 0.6) is 5.75 Å². The third-order valence-corrected chi connectivity index (χ3v) is 3.33. The maximum atomic E-state index is 12.1. The molecule has 0 heterocycles. The van der Waals surface area contributed by atoms with Crippen LogP contribution in [0.3, 0.4) is 0 Å². The molecule has 1 rings (SSSR count). The molecule has 1 unspecified atom stereocenters. The molecule has 0 aliphatic heterocycles. The lowest BCUT2D eigenvalue weighted by Crippen LogP contribution is -2.40. The Balaban J connectivity index is 2.32. The molecule has 0 bridgehead atoms. The Hall–Kier alpha value is -1.92. The highest BCUT2D eigenvalue weighted by atomic mass is 19.4. The van der Waals surface area contributed by atoms with E-state index in [1.54, 1.807) is 12.1 Å². The average molecular weight is 346 g/mol. The number of benzene rings is 1. The minimum atomic E-state index is -4.36. The van der Waals surface area contributed by atoms with E-state index >= 15 is 0 Å². The van der Waals surface area contributed by atoms with Crippen molar-refractivity contribution >= 4 is 6.03 Å². The Kier molecular flexibility index (Phi) is 7.88. The summed E-state index contributed by atoms with van der Waals surface area (Å²) in [6.45, 7) is 5.20. The largest absolute Gasteiger partial charge is 0.484 e. The second kappa shape index (κ2) is 9.39. The highest BCUT2D eigenvalue weighted by Gasteiger charge is 2.28. The van der Waals surface area contributed by atoms with Crippen molar-refractivity contribution in [3.63, 3.8) is 0 Å². The van der Waals surface area contributed by atoms with Gasteiger partial charge in [0.25, 0.3) is 0 Å². The minimum absolute atomic E-state index is 0.0885. The lowest BCUT2D eigenvalue weighted by molar-refractivity contribution is -0.153. The average Bonchev–Trinajstić information content (AvgIpc) is 2.49. The van der Waals surface area contributed by atoms with E-state index in [1.807, 2.05) is 6.92 Å². The molecule has 0 spiro atoms. The highest BCUT2D eigenvalue weighted by Crippen LogP contribution is 2.18. The first-order valence-corrected chi connectivity index (χ1v) is 7.98. The summed E-state index contributed by atoms with van der Waals surface area (Å²) in [6, 6.07) is 5.97. The summed E-state index contributed by atoms with van der Waals surface area (Å²) >= 11 is 0. The molecule has 0 aliphatic carbocycles. The molecule has 2 amide bonds. The Bertz CT molecular complexity index is 502. The third-order valence-electron chi connectivity index (χ3n) is 3.33. The van der Waals surface area contributed by atoms with E-state index in [2.05, 4.69) is 29.2 Å². The summed E-state index contributed by atoms with van der Waals surface area (Å²) in [4.78, 5) is 11.8. The topological polar surface area (TPSA) is 50.4 Å². The van der Waals surface area contributed by atoms with Crippen LogP contribution in [0.2, 0.25) is 0 Å². The molecule has 136 valence electrons. The van der Waals surface area contributed by atoms with Gasteiger partial charge in [0, 0.05) is 12.6 Å². The first-order valence-electron chi connectivity index (χ1n) is 7.98. The van der Waals surface area contributed by atoms with Crippen LogP contribution in [0, 0.1) is 5.92 Å². The number of alkyl halides is 3. The Morgan fingerprint density at radius 1 is 1.12 bits per heavy atom. The van der Waals surface area contributed by atoms with E-state index in [9.17, 15) is 18.0 Å². The molecule has 0 fully saturated rings. The van der Waals surface area contributed by atoms with Crippen LogP contribution in [0.1, 0.15) is 39.2 Å². The molecule has 7 heteroatoms. The van der Waals surface area contributed by atoms with Crippen molar-refractivity contribution in [1.29, 1.82) is 0 Å². The van der Waals surface area contributed by atoms with Crippen molar-refractivity contribution in [2.45, 2.75) is 52.4 Å². The minimum Gasteiger partial charge on any atom is -0.484 e. The van der Waals surface area contributed by atoms with Gasteiger partial charge in [-0.05, 0) is 43.4 Å². The number of rotatable bonds is 8. The van der Waals surface area contributed by atoms with Crippen molar-refractivity contribution < 1.29 is 22.7 Å². The summed E-state index contributed by atoms with van der Waals surface area (Å²) in [5.74, 6) is 0.734. The Morgan fingerprint density at radius 2 is 1.75 bits per heavy atom. The van der Waals surface area contributed by atoms with E-state index in [4.69, 9.17) is 0 Å². The number of halogens is 3. The molecular weight excluding hydrogens is 321 g/mol. The van der Waals surface area contributed by atoms with Gasteiger partial charge in [-0.2, -0.15) is 13.2 Å². The van der Waals surface area contributed by atoms with Crippen molar-refractivity contribution in [1.82, 2.24) is 10.6 Å². The normalized spacial score (nSPS) is 12.8. The molecule has 4 nitrogen and oxygen atoms in total. The van der Waals surface area contributed by atoms with E-state index in [0.29, 0.717) is 12.5 Å². The van der Waals surface area contributed by atoms with Gasteiger partial charge in [0.05, 0.1) is 0 Å². The fourth-order valence-electron chi connectivity index (χ4n) is 1.98. The third kappa shape index (κ3) is 9.27. The summed E-state index contributed by atoms with van der Waals surface area (Å²) in [5, 5.41) is 5.58. The molecule has 1 atom stereocenters. The molecule has 0 radical (unpaired) electrons. The fourth-order valence-corrected chi connectivity index (χ4v) is 1.98. The number of hydrogen-bond acceptors (Lipinski definition) is 2. The molecule has 24 heavy (non-hydrogen) atoms. The van der Waals surface area contributed by atoms with Crippen LogP contribution >= 0.6 is 0 Å². The lowest BCUT2D eigenvalue weighted by atomic mass is 10.0. The van der Waals surface area contributed by atoms with Gasteiger partial charge in [-0.3, -0.25) is 0 Å². The molecule has 0 saturated carbocycles. The van der Waals surface area contributed by atoms with Crippen LogP contribution < -0.4 is 15.4 Å². The van der Waals surface area contributed by atoms with E-state index in [1.165, 1.54) is 12.1 Å². The van der Waals surface area contributed by atoms with Gasteiger partial charge in [0.1, 0.15) is 5.75 Å². The quantitative estimate of drug-likeness (QED) is 0.739. The van der Waals surface area contributed by atoms with Gasteiger partial charge >= 0.3 is 12.2 Å². The number of carbonyl (C=O) groups excluding carboxylic acids is 1. The zero-order valence-corrected chi connectivity index (χ0v) is 14.2. The maximum Gasteiger partial charge on any atom is 0.422 e. The summed E-state index contributed by atoms with van der Waals surface area (Å²) < 4.78 is 40.8. The smallest absolute Gasteiger partial charge is 0.422 e. The Labute approximate surface area is 140 Å². The van der Waals surface area contributed by atoms with Crippen molar-refractivity contribution in [2.24, 2.45) is 5.92 Å². The number of amides is 2. The fraction of sp³-hybridized carbons (Fsp3) is 0.588. The second-order valence-corrected chi connectivity index (χ2v) is 6.25. The monoisotopic (exact) mass is 346 g/mol. The van der Waals surface area contributed by atoms with Crippen LogP contribution in [-0.2, 0) is 6.54 Å². The molecular formula is C17H25F3N2O2.